The summed E-state index contributed by atoms with van der Waals surface area (Å²) < 4.78 is -1.64. The summed E-state index contributed by atoms with van der Waals surface area (Å²) in [5, 5.41) is 31.4. The van der Waals surface area contributed by atoms with Gasteiger partial charge >= 0.3 is 0 Å². The topological polar surface area (TPSA) is 153 Å². The number of aliphatic hydroxyl groups is 3. The molecule has 0 aliphatic carbocycles. The summed E-state index contributed by atoms with van der Waals surface area (Å²) in [4.78, 5) is 35.6. The van der Waals surface area contributed by atoms with Gasteiger partial charge in [0.1, 0.15) is 10.7 Å². The van der Waals surface area contributed by atoms with Crippen molar-refractivity contribution in [2.24, 2.45) is 5.73 Å². The van der Waals surface area contributed by atoms with E-state index in [2.05, 4.69) is 5.32 Å². The van der Waals surface area contributed by atoms with Crippen LogP contribution in [0.15, 0.2) is 24.3 Å². The van der Waals surface area contributed by atoms with E-state index >= 15 is 0 Å². The zero-order chi connectivity index (χ0) is 19.4. The van der Waals surface area contributed by atoms with Crippen LogP contribution in [0.1, 0.15) is 20.7 Å². The van der Waals surface area contributed by atoms with Crippen molar-refractivity contribution < 1.29 is 29.7 Å². The lowest BCUT2D eigenvalue weighted by Gasteiger charge is -2.38. The molecule has 12 heteroatoms. The van der Waals surface area contributed by atoms with Crippen molar-refractivity contribution in [1.29, 1.82) is 0 Å². The zero-order valence-electron chi connectivity index (χ0n) is 12.4. The van der Waals surface area contributed by atoms with Gasteiger partial charge in [0.05, 0.1) is 34.0 Å². The molecule has 138 valence electrons. The zero-order valence-corrected chi connectivity index (χ0v) is 18.9. The number of nitrogens with one attached hydrogen (secondary N) is 1. The molecule has 0 aliphatic rings. The smallest absolute Gasteiger partial charge is 0.264 e. The molecule has 0 radical (unpaired) electrons. The molecule has 0 aliphatic heterocycles. The van der Waals surface area contributed by atoms with Gasteiger partial charge in [0.25, 0.3) is 5.91 Å². The van der Waals surface area contributed by atoms with E-state index in [-0.39, 0.29) is 11.1 Å². The number of nitrogens with two attached hydrogens (primary N) is 1. The SMILES string of the molecule is NC(=O)c1ccccc1C(=O)N(I)C(I)C(O)(NC(=O)CO)C(O)I. The van der Waals surface area contributed by atoms with Crippen molar-refractivity contribution in [2.45, 2.75) is 13.9 Å². The molecule has 3 amide bonds. The number of carbonyl (C=O) groups excluding carboxylic acids is 3. The standard InChI is InChI=1S/C13H14I3N3O6/c14-11(13(25,12(15)24)18-8(21)5-20)19(16)10(23)7-4-2-1-3-6(7)9(17)22/h1-4,11-12,20,24-25H,5H2,(H2,17,22)(H,18,21). The average molecular weight is 689 g/mol. The molecule has 0 aromatic heterocycles. The van der Waals surface area contributed by atoms with Crippen molar-refractivity contribution in [3.63, 3.8) is 0 Å². The number of hydrogen-bond acceptors (Lipinski definition) is 6. The van der Waals surface area contributed by atoms with Crippen molar-refractivity contribution >= 4 is 85.8 Å². The van der Waals surface area contributed by atoms with E-state index in [4.69, 9.17) is 10.8 Å². The highest BCUT2D eigenvalue weighted by Gasteiger charge is 2.47. The molecule has 0 bridgehead atoms. The highest BCUT2D eigenvalue weighted by atomic mass is 127. The molecular formula is C13H14I3N3O6. The number of rotatable bonds is 7. The fraction of sp³-hybridized carbons (Fsp3) is 0.308. The second-order valence-electron chi connectivity index (χ2n) is 4.73. The summed E-state index contributed by atoms with van der Waals surface area (Å²) >= 11 is 4.71. The van der Waals surface area contributed by atoms with Crippen LogP contribution in [-0.2, 0) is 4.79 Å². The molecule has 1 aromatic rings. The fourth-order valence-electron chi connectivity index (χ4n) is 1.77. The number of amides is 3. The van der Waals surface area contributed by atoms with E-state index in [1.54, 1.807) is 57.6 Å². The third kappa shape index (κ3) is 5.34. The molecule has 0 saturated carbocycles. The summed E-state index contributed by atoms with van der Waals surface area (Å²) in [5.74, 6) is -2.39. The Morgan fingerprint density at radius 2 is 1.76 bits per heavy atom. The molecule has 0 fully saturated rings. The Morgan fingerprint density at radius 1 is 1.24 bits per heavy atom. The molecule has 25 heavy (non-hydrogen) atoms. The first-order chi connectivity index (χ1) is 11.6. The maximum absolute atomic E-state index is 12.7. The Hall–Kier alpha value is -0.300. The number of carbonyl (C=O) groups is 3. The van der Waals surface area contributed by atoms with Gasteiger partial charge in [0, 0.05) is 0 Å². The monoisotopic (exact) mass is 689 g/mol. The Balaban J connectivity index is 3.19. The van der Waals surface area contributed by atoms with Crippen LogP contribution >= 0.6 is 68.0 Å². The van der Waals surface area contributed by atoms with E-state index in [9.17, 15) is 24.6 Å². The second kappa shape index (κ2) is 9.58. The molecule has 6 N–H and O–H groups in total. The Bertz CT molecular complexity index is 674. The van der Waals surface area contributed by atoms with Crippen molar-refractivity contribution in [3.05, 3.63) is 35.4 Å². The third-order valence-corrected chi connectivity index (χ3v) is 7.54. The van der Waals surface area contributed by atoms with Crippen molar-refractivity contribution in [2.75, 3.05) is 6.61 Å². The van der Waals surface area contributed by atoms with Gasteiger partial charge in [0.2, 0.25) is 17.5 Å². The second-order valence-corrected chi connectivity index (χ2v) is 8.13. The highest BCUT2D eigenvalue weighted by molar-refractivity contribution is 14.1. The number of hydrogen-bond donors (Lipinski definition) is 5. The number of benzene rings is 1. The molecule has 3 atom stereocenters. The number of aliphatic hydroxyl groups excluding tert-OH is 2. The van der Waals surface area contributed by atoms with E-state index in [1.807, 2.05) is 0 Å². The summed E-state index contributed by atoms with van der Waals surface area (Å²) in [6, 6.07) is 5.86. The molecule has 3 unspecified atom stereocenters. The first kappa shape index (κ1) is 22.7. The lowest BCUT2D eigenvalue weighted by Crippen LogP contribution is -2.64. The quantitative estimate of drug-likeness (QED) is 0.0887. The molecule has 0 saturated heterocycles. The molecule has 9 nitrogen and oxygen atoms in total. The molecular weight excluding hydrogens is 675 g/mol. The molecule has 0 spiro atoms. The summed E-state index contributed by atoms with van der Waals surface area (Å²) in [6.45, 7) is -0.908. The number of halogens is 3. The first-order valence-electron chi connectivity index (χ1n) is 6.54. The van der Waals surface area contributed by atoms with Gasteiger partial charge in [-0.05, 0) is 34.7 Å². The molecule has 0 heterocycles. The minimum atomic E-state index is -2.25. The highest BCUT2D eigenvalue weighted by Crippen LogP contribution is 2.31. The molecule has 1 aromatic carbocycles. The van der Waals surface area contributed by atoms with Gasteiger partial charge in [-0.15, -0.1) is 0 Å². The Labute approximate surface area is 184 Å². The Morgan fingerprint density at radius 3 is 2.20 bits per heavy atom. The third-order valence-electron chi connectivity index (χ3n) is 3.03. The van der Waals surface area contributed by atoms with Crippen LogP contribution in [0, 0.1) is 0 Å². The van der Waals surface area contributed by atoms with Crippen LogP contribution in [0.5, 0.6) is 0 Å². The Kier molecular flexibility index (Phi) is 8.72. The van der Waals surface area contributed by atoms with Crippen LogP contribution in [0.3, 0.4) is 0 Å². The number of nitrogens with zero attached hydrogens (tertiary/aromatic N) is 1. The fourth-order valence-corrected chi connectivity index (χ4v) is 4.39. The minimum Gasteiger partial charge on any atom is -0.387 e. The van der Waals surface area contributed by atoms with Gasteiger partial charge in [-0.1, -0.05) is 34.7 Å². The van der Waals surface area contributed by atoms with Crippen LogP contribution in [0.2, 0.25) is 0 Å². The van der Waals surface area contributed by atoms with Crippen LogP contribution in [0.4, 0.5) is 0 Å². The van der Waals surface area contributed by atoms with Gasteiger partial charge < -0.3 is 26.4 Å². The predicted octanol–water partition coefficient (Wildman–Crippen LogP) is -0.111. The maximum Gasteiger partial charge on any atom is 0.264 e. The minimum absolute atomic E-state index is 0.00396. The van der Waals surface area contributed by atoms with Gasteiger partial charge in [-0.3, -0.25) is 17.5 Å². The normalized spacial score (nSPS) is 15.6. The van der Waals surface area contributed by atoms with E-state index in [0.29, 0.717) is 0 Å². The van der Waals surface area contributed by atoms with Crippen LogP contribution < -0.4 is 11.1 Å². The lowest BCUT2D eigenvalue weighted by atomic mass is 10.1. The summed E-state index contributed by atoms with van der Waals surface area (Å²) in [7, 11) is 0. The summed E-state index contributed by atoms with van der Waals surface area (Å²) in [5.41, 5.74) is 3.01. The maximum atomic E-state index is 12.7. The average Bonchev–Trinajstić information content (AvgIpc) is 2.59. The van der Waals surface area contributed by atoms with E-state index < -0.39 is 38.2 Å². The van der Waals surface area contributed by atoms with E-state index in [1.165, 1.54) is 34.7 Å². The largest absolute Gasteiger partial charge is 0.387 e. The summed E-state index contributed by atoms with van der Waals surface area (Å²) in [6.07, 6.45) is 0. The van der Waals surface area contributed by atoms with Crippen LogP contribution in [-0.4, -0.2) is 56.6 Å². The van der Waals surface area contributed by atoms with E-state index in [0.717, 1.165) is 3.11 Å². The number of alkyl halides is 2. The van der Waals surface area contributed by atoms with Gasteiger partial charge in [-0.2, -0.15) is 0 Å². The van der Waals surface area contributed by atoms with Crippen LogP contribution in [0.25, 0.3) is 0 Å². The van der Waals surface area contributed by atoms with Crippen molar-refractivity contribution in [3.8, 4) is 0 Å². The number of primary amides is 1. The van der Waals surface area contributed by atoms with Crippen molar-refractivity contribution in [1.82, 2.24) is 8.43 Å². The molecule has 1 rings (SSSR count). The first-order valence-corrected chi connectivity index (χ1v) is 10.0. The van der Waals surface area contributed by atoms with Gasteiger partial charge in [-0.25, -0.2) is 0 Å². The predicted molar refractivity (Wildman–Crippen MR) is 113 cm³/mol. The van der Waals surface area contributed by atoms with Gasteiger partial charge in [0.15, 0.2) is 4.11 Å². The lowest BCUT2D eigenvalue weighted by molar-refractivity contribution is -0.136.